The van der Waals surface area contributed by atoms with E-state index in [1.165, 1.54) is 20.3 Å². The summed E-state index contributed by atoms with van der Waals surface area (Å²) in [7, 11) is 2.85. The van der Waals surface area contributed by atoms with Gasteiger partial charge in [-0.25, -0.2) is 4.79 Å². The first-order chi connectivity index (χ1) is 13.9. The summed E-state index contributed by atoms with van der Waals surface area (Å²) >= 11 is 0. The maximum Gasteiger partial charge on any atom is 0.330 e. The van der Waals surface area contributed by atoms with Crippen molar-refractivity contribution in [1.82, 2.24) is 0 Å². The molecule has 2 aliphatic heterocycles. The van der Waals surface area contributed by atoms with E-state index in [1.807, 2.05) is 44.2 Å². The van der Waals surface area contributed by atoms with E-state index < -0.39 is 36.4 Å². The van der Waals surface area contributed by atoms with Gasteiger partial charge in [-0.3, -0.25) is 0 Å². The zero-order chi connectivity index (χ0) is 20.9. The molecule has 2 saturated heterocycles. The molecular weight excluding hydrogens is 380 g/mol. The summed E-state index contributed by atoms with van der Waals surface area (Å²) < 4.78 is 39.3. The fourth-order valence-electron chi connectivity index (χ4n) is 3.38. The van der Waals surface area contributed by atoms with Crippen LogP contribution in [0.4, 0.5) is 0 Å². The number of rotatable bonds is 9. The fourth-order valence-corrected chi connectivity index (χ4v) is 3.38. The second kappa shape index (κ2) is 9.80. The average molecular weight is 408 g/mol. The number of carbonyl (C=O) groups excluding carboxylic acids is 1. The number of hydrogen-bond donors (Lipinski definition) is 0. The molecule has 0 amide bonds. The van der Waals surface area contributed by atoms with Crippen molar-refractivity contribution in [3.05, 3.63) is 47.5 Å². The molecule has 0 radical (unpaired) electrons. The Labute approximate surface area is 170 Å². The molecule has 1 aromatic rings. The van der Waals surface area contributed by atoms with Crippen molar-refractivity contribution in [2.75, 3.05) is 27.6 Å². The fraction of sp³-hybridized carbons (Fsp3) is 0.571. The summed E-state index contributed by atoms with van der Waals surface area (Å²) in [6.07, 6.45) is -0.846. The Morgan fingerprint density at radius 1 is 1.17 bits per heavy atom. The highest BCUT2D eigenvalue weighted by molar-refractivity contribution is 5.82. The standard InChI is InChI=1S/C21H28O8/c1-21(2)28-19-18(26-13-23-3)17(27-20(19)29-21)15(10-16(22)24-4)12-25-11-14-8-6-5-7-9-14/h5-10,17-20H,11-13H2,1-4H3/b15-10-/t17-,18+,19-,20-/m1/s1. The second-order valence-corrected chi connectivity index (χ2v) is 7.28. The topological polar surface area (TPSA) is 81.7 Å². The summed E-state index contributed by atoms with van der Waals surface area (Å²) in [5.41, 5.74) is 1.60. The summed E-state index contributed by atoms with van der Waals surface area (Å²) in [6, 6.07) is 9.76. The van der Waals surface area contributed by atoms with Gasteiger partial charge in [-0.15, -0.1) is 0 Å². The zero-order valence-corrected chi connectivity index (χ0v) is 17.2. The van der Waals surface area contributed by atoms with Crippen molar-refractivity contribution in [2.24, 2.45) is 0 Å². The van der Waals surface area contributed by atoms with Crippen molar-refractivity contribution in [1.29, 1.82) is 0 Å². The summed E-state index contributed by atoms with van der Waals surface area (Å²) in [6.45, 7) is 4.22. The molecule has 2 aliphatic rings. The van der Waals surface area contributed by atoms with Gasteiger partial charge in [0, 0.05) is 13.2 Å². The molecule has 160 valence electrons. The molecule has 2 heterocycles. The Hall–Kier alpha value is -1.81. The van der Waals surface area contributed by atoms with E-state index >= 15 is 0 Å². The smallest absolute Gasteiger partial charge is 0.330 e. The molecule has 0 aliphatic carbocycles. The minimum Gasteiger partial charge on any atom is -0.466 e. The lowest BCUT2D eigenvalue weighted by Crippen LogP contribution is -2.39. The molecule has 2 fully saturated rings. The van der Waals surface area contributed by atoms with Crippen LogP contribution in [0.3, 0.4) is 0 Å². The molecule has 29 heavy (non-hydrogen) atoms. The Balaban J connectivity index is 1.74. The monoisotopic (exact) mass is 408 g/mol. The lowest BCUT2D eigenvalue weighted by molar-refractivity contribution is -0.219. The van der Waals surface area contributed by atoms with Gasteiger partial charge in [0.05, 0.1) is 20.3 Å². The van der Waals surface area contributed by atoms with Gasteiger partial charge >= 0.3 is 5.97 Å². The summed E-state index contributed by atoms with van der Waals surface area (Å²) in [5, 5.41) is 0. The van der Waals surface area contributed by atoms with Crippen LogP contribution >= 0.6 is 0 Å². The molecule has 0 N–H and O–H groups in total. The SMILES string of the molecule is COCO[C@@H]1[C@H]2OC(C)(C)O[C@H]2O[C@@H]1/C(=C\C(=O)OC)COCc1ccccc1. The molecule has 8 heteroatoms. The lowest BCUT2D eigenvalue weighted by atomic mass is 10.0. The van der Waals surface area contributed by atoms with E-state index in [4.69, 9.17) is 33.2 Å². The second-order valence-electron chi connectivity index (χ2n) is 7.28. The highest BCUT2D eigenvalue weighted by Gasteiger charge is 2.56. The zero-order valence-electron chi connectivity index (χ0n) is 17.2. The molecule has 4 atom stereocenters. The normalized spacial score (nSPS) is 28.3. The first kappa shape index (κ1) is 21.9. The molecule has 0 aromatic heterocycles. The van der Waals surface area contributed by atoms with E-state index in [2.05, 4.69) is 0 Å². The lowest BCUT2D eigenvalue weighted by Gasteiger charge is -2.27. The van der Waals surface area contributed by atoms with Crippen LogP contribution in [-0.4, -0.2) is 64.0 Å². The average Bonchev–Trinajstić information content (AvgIpc) is 3.17. The van der Waals surface area contributed by atoms with Gasteiger partial charge in [0.1, 0.15) is 25.1 Å². The number of carbonyl (C=O) groups is 1. The Kier molecular flexibility index (Phi) is 7.39. The maximum absolute atomic E-state index is 11.9. The van der Waals surface area contributed by atoms with Crippen LogP contribution in [0.1, 0.15) is 19.4 Å². The van der Waals surface area contributed by atoms with Gasteiger partial charge in [0.15, 0.2) is 12.1 Å². The molecular formula is C21H28O8. The molecule has 0 spiro atoms. The van der Waals surface area contributed by atoms with Crippen molar-refractivity contribution in [2.45, 2.75) is 50.8 Å². The third-order valence-electron chi connectivity index (χ3n) is 4.62. The third kappa shape index (κ3) is 5.63. The van der Waals surface area contributed by atoms with E-state index in [-0.39, 0.29) is 13.4 Å². The summed E-state index contributed by atoms with van der Waals surface area (Å²) in [5.74, 6) is -1.29. The predicted molar refractivity (Wildman–Crippen MR) is 102 cm³/mol. The quantitative estimate of drug-likeness (QED) is 0.349. The van der Waals surface area contributed by atoms with Crippen molar-refractivity contribution in [3.8, 4) is 0 Å². The van der Waals surface area contributed by atoms with Crippen LogP contribution in [0.25, 0.3) is 0 Å². The Bertz CT molecular complexity index is 702. The van der Waals surface area contributed by atoms with Crippen LogP contribution in [0.2, 0.25) is 0 Å². The predicted octanol–water partition coefficient (Wildman–Crippen LogP) is 2.17. The minimum absolute atomic E-state index is 0.0495. The molecule has 8 nitrogen and oxygen atoms in total. The molecule has 0 saturated carbocycles. The number of benzene rings is 1. The molecule has 0 unspecified atom stereocenters. The van der Waals surface area contributed by atoms with Crippen LogP contribution in [0.5, 0.6) is 0 Å². The minimum atomic E-state index is -0.787. The van der Waals surface area contributed by atoms with E-state index in [1.54, 1.807) is 0 Å². The van der Waals surface area contributed by atoms with Gasteiger partial charge in [0.25, 0.3) is 0 Å². The number of fused-ring (bicyclic) bond motifs is 1. The van der Waals surface area contributed by atoms with Gasteiger partial charge in [-0.1, -0.05) is 30.3 Å². The molecule has 3 rings (SSSR count). The van der Waals surface area contributed by atoms with Crippen LogP contribution in [0.15, 0.2) is 42.0 Å². The first-order valence-electron chi connectivity index (χ1n) is 9.45. The van der Waals surface area contributed by atoms with Crippen LogP contribution in [-0.2, 0) is 44.6 Å². The van der Waals surface area contributed by atoms with E-state index in [9.17, 15) is 4.79 Å². The van der Waals surface area contributed by atoms with Crippen molar-refractivity contribution >= 4 is 5.97 Å². The number of esters is 1. The van der Waals surface area contributed by atoms with Gasteiger partial charge in [-0.05, 0) is 25.0 Å². The molecule has 0 bridgehead atoms. The van der Waals surface area contributed by atoms with Gasteiger partial charge < -0.3 is 33.2 Å². The van der Waals surface area contributed by atoms with E-state index in [0.717, 1.165) is 5.56 Å². The highest BCUT2D eigenvalue weighted by Crippen LogP contribution is 2.40. The van der Waals surface area contributed by atoms with Crippen molar-refractivity contribution < 1.29 is 38.0 Å². The summed E-state index contributed by atoms with van der Waals surface area (Å²) in [4.78, 5) is 11.9. The highest BCUT2D eigenvalue weighted by atomic mass is 16.8. The first-order valence-corrected chi connectivity index (χ1v) is 9.45. The van der Waals surface area contributed by atoms with Gasteiger partial charge in [-0.2, -0.15) is 0 Å². The number of hydrogen-bond acceptors (Lipinski definition) is 8. The Morgan fingerprint density at radius 2 is 1.93 bits per heavy atom. The molecule has 1 aromatic carbocycles. The van der Waals surface area contributed by atoms with Gasteiger partial charge in [0.2, 0.25) is 0 Å². The van der Waals surface area contributed by atoms with E-state index in [0.29, 0.717) is 12.2 Å². The number of methoxy groups -OCH3 is 2. The van der Waals surface area contributed by atoms with Crippen molar-refractivity contribution in [3.63, 3.8) is 0 Å². The number of ether oxygens (including phenoxy) is 7. The Morgan fingerprint density at radius 3 is 2.62 bits per heavy atom. The largest absolute Gasteiger partial charge is 0.466 e. The maximum atomic E-state index is 11.9. The van der Waals surface area contributed by atoms with Crippen LogP contribution in [0, 0.1) is 0 Å². The third-order valence-corrected chi connectivity index (χ3v) is 4.62. The van der Waals surface area contributed by atoms with Crippen LogP contribution < -0.4 is 0 Å².